The summed E-state index contributed by atoms with van der Waals surface area (Å²) in [5, 5.41) is 0. The van der Waals surface area contributed by atoms with E-state index < -0.39 is 0 Å². The normalized spacial score (nSPS) is 11.0. The van der Waals surface area contributed by atoms with E-state index in [4.69, 9.17) is 0 Å². The van der Waals surface area contributed by atoms with E-state index in [1.165, 1.54) is 38.5 Å². The molecule has 0 aromatic carbocycles. The molecule has 0 amide bonds. The van der Waals surface area contributed by atoms with Gasteiger partial charge in [-0.1, -0.05) is 19.8 Å². The van der Waals surface area contributed by atoms with E-state index in [1.54, 1.807) is 0 Å². The van der Waals surface area contributed by atoms with Gasteiger partial charge in [0.1, 0.15) is 0 Å². The highest BCUT2D eigenvalue weighted by Crippen LogP contribution is 2.19. The van der Waals surface area contributed by atoms with E-state index in [9.17, 15) is 0 Å². The zero-order valence-corrected chi connectivity index (χ0v) is 9.92. The largest absolute Gasteiger partial charge is 0.179 e. The Morgan fingerprint density at radius 3 is 1.75 bits per heavy atom. The van der Waals surface area contributed by atoms with Crippen molar-refractivity contribution in [3.05, 3.63) is 0 Å². The summed E-state index contributed by atoms with van der Waals surface area (Å²) in [6.45, 7) is 2.27. The summed E-state index contributed by atoms with van der Waals surface area (Å²) >= 11 is 8.48. The maximum atomic E-state index is 4.24. The van der Waals surface area contributed by atoms with Crippen LogP contribution in [0.5, 0.6) is 0 Å². The number of hydrogen-bond acceptors (Lipinski definition) is 2. The summed E-state index contributed by atoms with van der Waals surface area (Å²) in [6, 6.07) is 0. The molecule has 0 unspecified atom stereocenters. The van der Waals surface area contributed by atoms with Crippen molar-refractivity contribution in [1.82, 2.24) is 0 Å². The molecular formula is C10H22S2. The fraction of sp³-hybridized carbons (Fsp3) is 1.00. The average Bonchev–Trinajstić information content (AvgIpc) is 2.10. The van der Waals surface area contributed by atoms with Crippen LogP contribution in [-0.2, 0) is 0 Å². The first-order valence-corrected chi connectivity index (χ1v) is 6.33. The first-order valence-electron chi connectivity index (χ1n) is 5.06. The van der Waals surface area contributed by atoms with Gasteiger partial charge in [-0.05, 0) is 43.1 Å². The molecule has 0 aromatic rings. The van der Waals surface area contributed by atoms with Crippen LogP contribution in [-0.4, -0.2) is 11.5 Å². The minimum atomic E-state index is 0.939. The molecule has 0 saturated carbocycles. The molecule has 0 saturated heterocycles. The third-order valence-corrected chi connectivity index (χ3v) is 2.87. The van der Waals surface area contributed by atoms with Gasteiger partial charge >= 0.3 is 0 Å². The smallest absolute Gasteiger partial charge is 0.00978 e. The van der Waals surface area contributed by atoms with Gasteiger partial charge in [-0.15, -0.1) is 0 Å². The Morgan fingerprint density at radius 2 is 1.42 bits per heavy atom. The molecular weight excluding hydrogens is 184 g/mol. The maximum Gasteiger partial charge on any atom is -0.00978 e. The third kappa shape index (κ3) is 7.35. The molecule has 2 heteroatoms. The topological polar surface area (TPSA) is 0 Å². The lowest BCUT2D eigenvalue weighted by Crippen LogP contribution is -2.01. The van der Waals surface area contributed by atoms with E-state index in [-0.39, 0.29) is 0 Å². The van der Waals surface area contributed by atoms with Crippen molar-refractivity contribution in [2.75, 3.05) is 11.5 Å². The second-order valence-electron chi connectivity index (χ2n) is 3.39. The van der Waals surface area contributed by atoms with Crippen molar-refractivity contribution < 1.29 is 0 Å². The van der Waals surface area contributed by atoms with E-state index in [0.29, 0.717) is 0 Å². The molecule has 0 aliphatic rings. The Labute approximate surface area is 88.3 Å². The van der Waals surface area contributed by atoms with Gasteiger partial charge in [-0.2, -0.15) is 25.3 Å². The van der Waals surface area contributed by atoms with Gasteiger partial charge in [0.05, 0.1) is 0 Å². The Hall–Kier alpha value is 0.700. The second-order valence-corrected chi connectivity index (χ2v) is 4.28. The van der Waals surface area contributed by atoms with Gasteiger partial charge in [-0.25, -0.2) is 0 Å². The monoisotopic (exact) mass is 206 g/mol. The number of thiol groups is 2. The van der Waals surface area contributed by atoms with Crippen LogP contribution in [0.2, 0.25) is 0 Å². The molecule has 0 spiro atoms. The van der Waals surface area contributed by atoms with Gasteiger partial charge < -0.3 is 0 Å². The molecule has 74 valence electrons. The maximum absolute atomic E-state index is 4.24. The fourth-order valence-electron chi connectivity index (χ4n) is 1.60. The standard InChI is InChI=1S/C10H22S2/c1-2-5-10(6-3-8-11)7-4-9-12/h10-12H,2-9H2,1H3. The molecule has 0 bridgehead atoms. The van der Waals surface area contributed by atoms with Crippen LogP contribution in [0.15, 0.2) is 0 Å². The number of hydrogen-bond donors (Lipinski definition) is 2. The lowest BCUT2D eigenvalue weighted by molar-refractivity contribution is 0.410. The van der Waals surface area contributed by atoms with Gasteiger partial charge in [-0.3, -0.25) is 0 Å². The fourth-order valence-corrected chi connectivity index (χ4v) is 1.97. The summed E-state index contributed by atoms with van der Waals surface area (Å²) in [7, 11) is 0. The molecule has 0 rings (SSSR count). The molecule has 12 heavy (non-hydrogen) atoms. The molecule has 0 fully saturated rings. The van der Waals surface area contributed by atoms with Crippen LogP contribution in [0, 0.1) is 5.92 Å². The molecule has 0 nitrogen and oxygen atoms in total. The van der Waals surface area contributed by atoms with Crippen LogP contribution in [0.25, 0.3) is 0 Å². The van der Waals surface area contributed by atoms with Crippen molar-refractivity contribution in [3.8, 4) is 0 Å². The Balaban J connectivity index is 3.40. The van der Waals surface area contributed by atoms with E-state index in [0.717, 1.165) is 17.4 Å². The zero-order chi connectivity index (χ0) is 9.23. The number of rotatable bonds is 8. The minimum Gasteiger partial charge on any atom is -0.179 e. The quantitative estimate of drug-likeness (QED) is 0.554. The Bertz CT molecular complexity index is 75.9. The summed E-state index contributed by atoms with van der Waals surface area (Å²) in [4.78, 5) is 0. The third-order valence-electron chi connectivity index (χ3n) is 2.24. The zero-order valence-electron chi connectivity index (χ0n) is 8.13. The predicted octanol–water partition coefficient (Wildman–Crippen LogP) is 3.82. The van der Waals surface area contributed by atoms with Crippen LogP contribution in [0.1, 0.15) is 45.4 Å². The summed E-state index contributed by atoms with van der Waals surface area (Å²) < 4.78 is 0. The summed E-state index contributed by atoms with van der Waals surface area (Å²) in [6.07, 6.45) is 8.00. The molecule has 0 aromatic heterocycles. The molecule has 0 N–H and O–H groups in total. The van der Waals surface area contributed by atoms with Crippen LogP contribution in [0.4, 0.5) is 0 Å². The molecule has 0 radical (unpaired) electrons. The highest BCUT2D eigenvalue weighted by molar-refractivity contribution is 7.80. The van der Waals surface area contributed by atoms with Crippen molar-refractivity contribution in [2.24, 2.45) is 5.92 Å². The molecule has 0 heterocycles. The van der Waals surface area contributed by atoms with E-state index >= 15 is 0 Å². The molecule has 0 atom stereocenters. The Kier molecular flexibility index (Phi) is 10.4. The Morgan fingerprint density at radius 1 is 0.917 bits per heavy atom. The molecule has 0 aliphatic heterocycles. The highest BCUT2D eigenvalue weighted by Gasteiger charge is 2.05. The van der Waals surface area contributed by atoms with Gasteiger partial charge in [0.15, 0.2) is 0 Å². The summed E-state index contributed by atoms with van der Waals surface area (Å²) in [5.74, 6) is 3.02. The van der Waals surface area contributed by atoms with Crippen LogP contribution < -0.4 is 0 Å². The lowest BCUT2D eigenvalue weighted by Gasteiger charge is -2.14. The summed E-state index contributed by atoms with van der Waals surface area (Å²) in [5.41, 5.74) is 0. The minimum absolute atomic E-state index is 0.939. The van der Waals surface area contributed by atoms with Crippen LogP contribution in [0.3, 0.4) is 0 Å². The highest BCUT2D eigenvalue weighted by atomic mass is 32.1. The SMILES string of the molecule is CCCC(CCCS)CCCS. The van der Waals surface area contributed by atoms with Crippen molar-refractivity contribution in [2.45, 2.75) is 45.4 Å². The van der Waals surface area contributed by atoms with E-state index in [1.807, 2.05) is 0 Å². The van der Waals surface area contributed by atoms with Gasteiger partial charge in [0, 0.05) is 0 Å². The lowest BCUT2D eigenvalue weighted by atomic mass is 9.94. The van der Waals surface area contributed by atoms with Gasteiger partial charge in [0.2, 0.25) is 0 Å². The van der Waals surface area contributed by atoms with Crippen molar-refractivity contribution in [3.63, 3.8) is 0 Å². The van der Waals surface area contributed by atoms with Crippen molar-refractivity contribution >= 4 is 25.3 Å². The first kappa shape index (κ1) is 12.7. The van der Waals surface area contributed by atoms with Gasteiger partial charge in [0.25, 0.3) is 0 Å². The van der Waals surface area contributed by atoms with E-state index in [2.05, 4.69) is 32.2 Å². The van der Waals surface area contributed by atoms with Crippen molar-refractivity contribution in [1.29, 1.82) is 0 Å². The first-order chi connectivity index (χ1) is 5.85. The van der Waals surface area contributed by atoms with Crippen LogP contribution >= 0.6 is 25.3 Å². The second kappa shape index (κ2) is 9.79. The average molecular weight is 206 g/mol. The predicted molar refractivity (Wildman–Crippen MR) is 64.6 cm³/mol. The molecule has 0 aliphatic carbocycles.